The van der Waals surface area contributed by atoms with E-state index in [2.05, 4.69) is 10.5 Å². The monoisotopic (exact) mass is 259 g/mol. The first-order valence-corrected chi connectivity index (χ1v) is 6.22. The summed E-state index contributed by atoms with van der Waals surface area (Å²) in [5, 5.41) is 6.29. The third kappa shape index (κ3) is 4.22. The molecule has 0 bridgehead atoms. The van der Waals surface area contributed by atoms with Crippen molar-refractivity contribution in [1.82, 2.24) is 10.5 Å². The molecule has 2 aromatic rings. The van der Waals surface area contributed by atoms with Crippen LogP contribution in [0.5, 0.6) is 0 Å². The summed E-state index contributed by atoms with van der Waals surface area (Å²) in [5.74, 6) is 0.441. The maximum absolute atomic E-state index is 11.8. The average molecular weight is 259 g/mol. The topological polar surface area (TPSA) is 81.2 Å². The Morgan fingerprint density at radius 3 is 2.79 bits per heavy atom. The van der Waals surface area contributed by atoms with Crippen molar-refractivity contribution in [3.8, 4) is 0 Å². The predicted octanol–water partition coefficient (Wildman–Crippen LogP) is 1.25. The van der Waals surface area contributed by atoms with Gasteiger partial charge < -0.3 is 15.6 Å². The fourth-order valence-electron chi connectivity index (χ4n) is 1.74. The van der Waals surface area contributed by atoms with Gasteiger partial charge in [-0.1, -0.05) is 35.5 Å². The van der Waals surface area contributed by atoms with Crippen molar-refractivity contribution >= 4 is 5.91 Å². The van der Waals surface area contributed by atoms with Crippen LogP contribution in [0, 0.1) is 0 Å². The number of carbonyl (C=O) groups is 1. The second kappa shape index (κ2) is 6.70. The normalized spacial score (nSPS) is 12.1. The van der Waals surface area contributed by atoms with Crippen LogP contribution in [0.3, 0.4) is 0 Å². The molecule has 0 fully saturated rings. The predicted molar refractivity (Wildman–Crippen MR) is 71.1 cm³/mol. The number of aromatic nitrogens is 1. The van der Waals surface area contributed by atoms with Crippen LogP contribution in [-0.2, 0) is 17.8 Å². The van der Waals surface area contributed by atoms with Gasteiger partial charge in [-0.3, -0.25) is 4.79 Å². The van der Waals surface area contributed by atoms with E-state index in [0.717, 1.165) is 6.42 Å². The van der Waals surface area contributed by atoms with Crippen molar-refractivity contribution in [2.45, 2.75) is 25.4 Å². The van der Waals surface area contributed by atoms with Gasteiger partial charge in [0.25, 0.3) is 0 Å². The summed E-state index contributed by atoms with van der Waals surface area (Å²) in [5.41, 5.74) is 7.03. The number of nitrogens with zero attached hydrogens (tertiary/aromatic N) is 1. The molecule has 5 nitrogen and oxygen atoms in total. The van der Waals surface area contributed by atoms with E-state index in [0.29, 0.717) is 18.7 Å². The number of nitrogens with two attached hydrogens (primary N) is 1. The molecule has 1 aromatic heterocycles. The van der Waals surface area contributed by atoms with Crippen molar-refractivity contribution in [2.24, 2.45) is 5.73 Å². The minimum atomic E-state index is -0.511. The minimum absolute atomic E-state index is 0.174. The Hall–Kier alpha value is -2.14. The first-order chi connectivity index (χ1) is 9.25. The average Bonchev–Trinajstić information content (AvgIpc) is 2.96. The zero-order valence-electron chi connectivity index (χ0n) is 10.6. The van der Waals surface area contributed by atoms with Gasteiger partial charge in [0.1, 0.15) is 0 Å². The number of nitrogens with one attached hydrogen (secondary N) is 1. The summed E-state index contributed by atoms with van der Waals surface area (Å²) in [6.07, 6.45) is 2.95. The van der Waals surface area contributed by atoms with Crippen LogP contribution in [0.25, 0.3) is 0 Å². The molecule has 1 unspecified atom stereocenters. The zero-order valence-corrected chi connectivity index (χ0v) is 10.6. The van der Waals surface area contributed by atoms with Crippen molar-refractivity contribution in [3.05, 3.63) is 53.9 Å². The van der Waals surface area contributed by atoms with E-state index < -0.39 is 6.04 Å². The quantitative estimate of drug-likeness (QED) is 0.818. The second-order valence-electron chi connectivity index (χ2n) is 4.33. The molecule has 1 aromatic carbocycles. The number of amides is 1. The summed E-state index contributed by atoms with van der Waals surface area (Å²) in [4.78, 5) is 11.8. The van der Waals surface area contributed by atoms with Gasteiger partial charge in [0.05, 0.1) is 18.8 Å². The van der Waals surface area contributed by atoms with Crippen molar-refractivity contribution in [2.75, 3.05) is 0 Å². The molecule has 0 saturated heterocycles. The van der Waals surface area contributed by atoms with Crippen molar-refractivity contribution < 1.29 is 9.32 Å². The van der Waals surface area contributed by atoms with Crippen LogP contribution < -0.4 is 11.1 Å². The van der Waals surface area contributed by atoms with E-state index >= 15 is 0 Å². The third-order valence-corrected chi connectivity index (χ3v) is 2.85. The largest absolute Gasteiger partial charge is 0.360 e. The van der Waals surface area contributed by atoms with E-state index in [4.69, 9.17) is 10.3 Å². The number of hydrogen-bond acceptors (Lipinski definition) is 4. The van der Waals surface area contributed by atoms with E-state index in [1.54, 1.807) is 6.07 Å². The highest BCUT2D eigenvalue weighted by Crippen LogP contribution is 2.04. The third-order valence-electron chi connectivity index (χ3n) is 2.85. The maximum atomic E-state index is 11.8. The Morgan fingerprint density at radius 1 is 1.32 bits per heavy atom. The van der Waals surface area contributed by atoms with E-state index in [1.165, 1.54) is 11.8 Å². The van der Waals surface area contributed by atoms with Gasteiger partial charge in [0.2, 0.25) is 5.91 Å². The Kier molecular flexibility index (Phi) is 4.69. The molecule has 0 aliphatic rings. The van der Waals surface area contributed by atoms with Crippen molar-refractivity contribution in [3.63, 3.8) is 0 Å². The number of rotatable bonds is 6. The summed E-state index contributed by atoms with van der Waals surface area (Å²) >= 11 is 0. The van der Waals surface area contributed by atoms with Gasteiger partial charge in [-0.15, -0.1) is 0 Å². The minimum Gasteiger partial charge on any atom is -0.360 e. The lowest BCUT2D eigenvalue weighted by Crippen LogP contribution is -2.40. The fourth-order valence-corrected chi connectivity index (χ4v) is 1.74. The van der Waals surface area contributed by atoms with Gasteiger partial charge in [0, 0.05) is 6.07 Å². The molecule has 1 atom stereocenters. The van der Waals surface area contributed by atoms with Gasteiger partial charge >= 0.3 is 0 Å². The Bertz CT molecular complexity index is 497. The lowest BCUT2D eigenvalue weighted by atomic mass is 10.1. The molecule has 1 amide bonds. The number of carbonyl (C=O) groups excluding carboxylic acids is 1. The molecule has 1 heterocycles. The zero-order chi connectivity index (χ0) is 13.5. The molecule has 0 aliphatic heterocycles. The lowest BCUT2D eigenvalue weighted by Gasteiger charge is -2.11. The first-order valence-electron chi connectivity index (χ1n) is 6.22. The van der Waals surface area contributed by atoms with Crippen LogP contribution >= 0.6 is 0 Å². The van der Waals surface area contributed by atoms with Crippen LogP contribution in [0.4, 0.5) is 0 Å². The molecular formula is C14H17N3O2. The molecule has 5 heteroatoms. The lowest BCUT2D eigenvalue weighted by molar-refractivity contribution is -0.122. The summed E-state index contributed by atoms with van der Waals surface area (Å²) in [7, 11) is 0. The molecule has 19 heavy (non-hydrogen) atoms. The second-order valence-corrected chi connectivity index (χ2v) is 4.33. The van der Waals surface area contributed by atoms with Gasteiger partial charge in [-0.2, -0.15) is 0 Å². The van der Waals surface area contributed by atoms with Crippen LogP contribution in [0.2, 0.25) is 0 Å². The fraction of sp³-hybridized carbons (Fsp3) is 0.286. The van der Waals surface area contributed by atoms with Crippen LogP contribution in [0.15, 0.2) is 47.1 Å². The molecular weight excluding hydrogens is 242 g/mol. The summed E-state index contributed by atoms with van der Waals surface area (Å²) in [6.45, 7) is 0.317. The smallest absolute Gasteiger partial charge is 0.237 e. The molecule has 0 saturated carbocycles. The number of benzene rings is 1. The maximum Gasteiger partial charge on any atom is 0.237 e. The van der Waals surface area contributed by atoms with Gasteiger partial charge in [0.15, 0.2) is 5.76 Å². The SMILES string of the molecule is NC(CCc1ccccc1)C(=O)NCc1ccno1. The van der Waals surface area contributed by atoms with Crippen molar-refractivity contribution in [1.29, 1.82) is 0 Å². The van der Waals surface area contributed by atoms with E-state index in [1.807, 2.05) is 30.3 Å². The first kappa shape index (κ1) is 13.3. The highest BCUT2D eigenvalue weighted by Gasteiger charge is 2.13. The van der Waals surface area contributed by atoms with E-state index in [9.17, 15) is 4.79 Å². The van der Waals surface area contributed by atoms with E-state index in [-0.39, 0.29) is 5.91 Å². The highest BCUT2D eigenvalue weighted by atomic mass is 16.5. The molecule has 0 radical (unpaired) electrons. The Morgan fingerprint density at radius 2 is 2.11 bits per heavy atom. The van der Waals surface area contributed by atoms with Gasteiger partial charge in [-0.25, -0.2) is 0 Å². The molecule has 2 rings (SSSR count). The van der Waals surface area contributed by atoms with Crippen LogP contribution in [-0.4, -0.2) is 17.1 Å². The highest BCUT2D eigenvalue weighted by molar-refractivity contribution is 5.81. The molecule has 3 N–H and O–H groups in total. The summed E-state index contributed by atoms with van der Waals surface area (Å²) < 4.78 is 4.89. The Labute approximate surface area is 111 Å². The molecule has 0 aliphatic carbocycles. The number of aryl methyl sites for hydroxylation is 1. The number of hydrogen-bond donors (Lipinski definition) is 2. The molecule has 100 valence electrons. The molecule has 0 spiro atoms. The Balaban J connectivity index is 1.73. The standard InChI is InChI=1S/C14H17N3O2/c15-13(7-6-11-4-2-1-3-5-11)14(18)16-10-12-8-9-17-19-12/h1-5,8-9,13H,6-7,10,15H2,(H,16,18). The van der Waals surface area contributed by atoms with Crippen LogP contribution in [0.1, 0.15) is 17.7 Å². The summed E-state index contributed by atoms with van der Waals surface area (Å²) in [6, 6.07) is 11.2. The van der Waals surface area contributed by atoms with Gasteiger partial charge in [-0.05, 0) is 18.4 Å².